The molecule has 0 amide bonds. The van der Waals surface area contributed by atoms with Gasteiger partial charge in [0, 0.05) is 50.9 Å². The highest BCUT2D eigenvalue weighted by Gasteiger charge is 2.15. The van der Waals surface area contributed by atoms with Gasteiger partial charge in [0.25, 0.3) is 0 Å². The van der Waals surface area contributed by atoms with Gasteiger partial charge in [-0.25, -0.2) is 4.98 Å². The van der Waals surface area contributed by atoms with E-state index in [4.69, 9.17) is 4.98 Å². The smallest absolute Gasteiger partial charge is 0.124 e. The molecule has 0 saturated carbocycles. The van der Waals surface area contributed by atoms with Crippen LogP contribution in [0.5, 0.6) is 0 Å². The normalized spacial score (nSPS) is 13.1. The first-order chi connectivity index (χ1) is 20.8. The van der Waals surface area contributed by atoms with Gasteiger partial charge in [-0.1, -0.05) is 91.0 Å². The van der Waals surface area contributed by atoms with Gasteiger partial charge in [-0.2, -0.15) is 0 Å². The number of H-pyrrole nitrogens is 1. The molecule has 2 aromatic heterocycles. The van der Waals surface area contributed by atoms with Crippen molar-refractivity contribution in [3.8, 4) is 21.7 Å². The lowest BCUT2D eigenvalue weighted by Gasteiger charge is -2.27. The summed E-state index contributed by atoms with van der Waals surface area (Å²) >= 11 is 1.75. The highest BCUT2D eigenvalue weighted by atomic mass is 32.1. The SMILES string of the molecule is C1=CC=C(N(c2ccccc2)c2ccc(-c3ccc4[nH]c5cc6nc(-c7ccccc7)sc6cc5c4c3)cc2)CC=C1. The van der Waals surface area contributed by atoms with Crippen LogP contribution >= 0.6 is 11.3 Å². The number of nitrogens with one attached hydrogen (secondary N) is 1. The van der Waals surface area contributed by atoms with Crippen LogP contribution in [0.15, 0.2) is 151 Å². The number of fused-ring (bicyclic) bond motifs is 4. The summed E-state index contributed by atoms with van der Waals surface area (Å²) in [6.45, 7) is 0. The summed E-state index contributed by atoms with van der Waals surface area (Å²) in [7, 11) is 0. The molecule has 2 heterocycles. The van der Waals surface area contributed by atoms with Crippen molar-refractivity contribution >= 4 is 54.7 Å². The van der Waals surface area contributed by atoms with Gasteiger partial charge < -0.3 is 9.88 Å². The Morgan fingerprint density at radius 1 is 0.619 bits per heavy atom. The molecule has 42 heavy (non-hydrogen) atoms. The summed E-state index contributed by atoms with van der Waals surface area (Å²) in [6, 6.07) is 41.1. The number of anilines is 2. The Balaban J connectivity index is 1.17. The van der Waals surface area contributed by atoms with Crippen molar-refractivity contribution in [2.24, 2.45) is 0 Å². The Morgan fingerprint density at radius 3 is 2.19 bits per heavy atom. The fourth-order valence-corrected chi connectivity index (χ4v) is 6.79. The molecule has 0 radical (unpaired) electrons. The second kappa shape index (κ2) is 10.3. The molecule has 8 rings (SSSR count). The predicted octanol–water partition coefficient (Wildman–Crippen LogP) is 10.8. The molecule has 4 heteroatoms. The predicted molar refractivity (Wildman–Crippen MR) is 179 cm³/mol. The van der Waals surface area contributed by atoms with Crippen LogP contribution in [0.2, 0.25) is 0 Å². The molecule has 0 atom stereocenters. The zero-order valence-electron chi connectivity index (χ0n) is 22.9. The lowest BCUT2D eigenvalue weighted by molar-refractivity contribution is 1.08. The molecule has 3 nitrogen and oxygen atoms in total. The number of rotatable bonds is 5. The van der Waals surface area contributed by atoms with Gasteiger partial charge in [-0.3, -0.25) is 0 Å². The number of para-hydroxylation sites is 1. The van der Waals surface area contributed by atoms with Gasteiger partial charge >= 0.3 is 0 Å². The topological polar surface area (TPSA) is 31.9 Å². The van der Waals surface area contributed by atoms with Gasteiger partial charge in [0.2, 0.25) is 0 Å². The zero-order valence-corrected chi connectivity index (χ0v) is 23.7. The first kappa shape index (κ1) is 24.6. The van der Waals surface area contributed by atoms with E-state index in [0.29, 0.717) is 0 Å². The fraction of sp³-hybridized carbons (Fsp3) is 0.0263. The average Bonchev–Trinajstić information content (AvgIpc) is 3.51. The fourth-order valence-electron chi connectivity index (χ4n) is 5.80. The Hall–Kier alpha value is -5.19. The summed E-state index contributed by atoms with van der Waals surface area (Å²) in [5.41, 5.74) is 10.4. The van der Waals surface area contributed by atoms with Crippen molar-refractivity contribution in [3.63, 3.8) is 0 Å². The molecule has 1 aliphatic rings. The molecular weight excluding hydrogens is 531 g/mol. The Bertz CT molecular complexity index is 2150. The molecule has 7 aromatic rings. The Kier molecular flexibility index (Phi) is 6.05. The highest BCUT2D eigenvalue weighted by Crippen LogP contribution is 2.38. The lowest BCUT2D eigenvalue weighted by Crippen LogP contribution is -2.15. The number of hydrogen-bond donors (Lipinski definition) is 1. The van der Waals surface area contributed by atoms with Gasteiger partial charge in [0.15, 0.2) is 0 Å². The maximum atomic E-state index is 4.93. The third-order valence-corrected chi connectivity index (χ3v) is 8.93. The first-order valence-corrected chi connectivity index (χ1v) is 15.0. The molecule has 0 spiro atoms. The minimum atomic E-state index is 0.876. The quantitative estimate of drug-likeness (QED) is 0.228. The van der Waals surface area contributed by atoms with E-state index >= 15 is 0 Å². The molecule has 0 unspecified atom stereocenters. The van der Waals surface area contributed by atoms with Crippen LogP contribution in [0.25, 0.3) is 53.7 Å². The van der Waals surface area contributed by atoms with Crippen molar-refractivity contribution in [2.75, 3.05) is 4.90 Å². The monoisotopic (exact) mass is 557 g/mol. The van der Waals surface area contributed by atoms with Crippen LogP contribution in [0, 0.1) is 0 Å². The molecule has 0 aliphatic heterocycles. The molecule has 200 valence electrons. The lowest BCUT2D eigenvalue weighted by atomic mass is 10.0. The molecular formula is C38H27N3S. The van der Waals surface area contributed by atoms with Crippen molar-refractivity contribution in [2.45, 2.75) is 6.42 Å². The van der Waals surface area contributed by atoms with Gasteiger partial charge in [-0.05, 0) is 65.7 Å². The number of thiazole rings is 1. The average molecular weight is 558 g/mol. The second-order valence-electron chi connectivity index (χ2n) is 10.5. The standard InChI is InChI=1S/C38H27N3S/c1-2-8-14-29(13-7-1)41(30-15-9-4-10-16-30)31-20-17-26(18-21-31)28-19-22-34-32(23-28)33-24-37-36(25-35(33)39-34)40-38(42-37)27-11-5-3-6-12-27/h1-13,15-25,39H,14H2. The van der Waals surface area contributed by atoms with Crippen LogP contribution < -0.4 is 4.90 Å². The van der Waals surface area contributed by atoms with Crippen LogP contribution in [0.1, 0.15) is 6.42 Å². The van der Waals surface area contributed by atoms with E-state index < -0.39 is 0 Å². The van der Waals surface area contributed by atoms with E-state index in [-0.39, 0.29) is 0 Å². The number of nitrogens with zero attached hydrogens (tertiary/aromatic N) is 2. The maximum Gasteiger partial charge on any atom is 0.124 e. The van der Waals surface area contributed by atoms with Crippen molar-refractivity contribution in [1.82, 2.24) is 9.97 Å². The molecule has 1 N–H and O–H groups in total. The van der Waals surface area contributed by atoms with Crippen molar-refractivity contribution in [3.05, 3.63) is 151 Å². The molecule has 1 aliphatic carbocycles. The minimum Gasteiger partial charge on any atom is -0.354 e. The Morgan fingerprint density at radius 2 is 1.36 bits per heavy atom. The van der Waals surface area contributed by atoms with Crippen LogP contribution in [-0.2, 0) is 0 Å². The summed E-state index contributed by atoms with van der Waals surface area (Å²) in [5.74, 6) is 0. The van der Waals surface area contributed by atoms with Crippen molar-refractivity contribution < 1.29 is 0 Å². The number of aromatic amines is 1. The molecule has 0 bridgehead atoms. The molecule has 0 fully saturated rings. The van der Waals surface area contributed by atoms with Gasteiger partial charge in [-0.15, -0.1) is 11.3 Å². The molecule has 5 aromatic carbocycles. The zero-order chi connectivity index (χ0) is 27.9. The summed E-state index contributed by atoms with van der Waals surface area (Å²) in [5, 5.41) is 3.52. The van der Waals surface area contributed by atoms with Crippen LogP contribution in [-0.4, -0.2) is 9.97 Å². The van der Waals surface area contributed by atoms with E-state index in [2.05, 4.69) is 149 Å². The third kappa shape index (κ3) is 4.43. The number of hydrogen-bond acceptors (Lipinski definition) is 3. The summed E-state index contributed by atoms with van der Waals surface area (Å²) in [4.78, 5) is 10.9. The summed E-state index contributed by atoms with van der Waals surface area (Å²) in [6.07, 6.45) is 11.6. The first-order valence-electron chi connectivity index (χ1n) is 14.2. The van der Waals surface area contributed by atoms with Crippen LogP contribution in [0.3, 0.4) is 0 Å². The van der Waals surface area contributed by atoms with E-state index in [9.17, 15) is 0 Å². The van der Waals surface area contributed by atoms with Crippen molar-refractivity contribution in [1.29, 1.82) is 0 Å². The van der Waals surface area contributed by atoms with E-state index in [1.54, 1.807) is 11.3 Å². The maximum absolute atomic E-state index is 4.93. The van der Waals surface area contributed by atoms with Gasteiger partial charge in [0.1, 0.15) is 5.01 Å². The second-order valence-corrected chi connectivity index (χ2v) is 11.6. The van der Waals surface area contributed by atoms with E-state index in [1.807, 2.05) is 6.07 Å². The Labute approximate surface area is 248 Å². The number of aromatic nitrogens is 2. The minimum absolute atomic E-state index is 0.876. The van der Waals surface area contributed by atoms with E-state index in [0.717, 1.165) is 44.9 Å². The van der Waals surface area contributed by atoms with Gasteiger partial charge in [0.05, 0.1) is 10.2 Å². The van der Waals surface area contributed by atoms with Crippen LogP contribution in [0.4, 0.5) is 11.4 Å². The largest absolute Gasteiger partial charge is 0.354 e. The number of allylic oxidation sites excluding steroid dienone is 5. The molecule has 0 saturated heterocycles. The van der Waals surface area contributed by atoms with E-state index in [1.165, 1.54) is 32.3 Å². The highest BCUT2D eigenvalue weighted by molar-refractivity contribution is 7.21. The third-order valence-electron chi connectivity index (χ3n) is 7.86. The number of benzene rings is 5. The summed E-state index contributed by atoms with van der Waals surface area (Å²) < 4.78 is 1.20.